The van der Waals surface area contributed by atoms with E-state index in [4.69, 9.17) is 9.84 Å². The van der Waals surface area contributed by atoms with Crippen molar-refractivity contribution in [1.29, 1.82) is 0 Å². The van der Waals surface area contributed by atoms with Crippen LogP contribution in [-0.4, -0.2) is 18.2 Å². The molecule has 0 radical (unpaired) electrons. The predicted octanol–water partition coefficient (Wildman–Crippen LogP) is 3.67. The van der Waals surface area contributed by atoms with Crippen molar-refractivity contribution >= 4 is 5.97 Å². The van der Waals surface area contributed by atoms with Gasteiger partial charge in [-0.25, -0.2) is 0 Å². The Morgan fingerprint density at radius 3 is 2.53 bits per heavy atom. The number of hydrogen-bond acceptors (Lipinski definition) is 2. The molecule has 0 saturated heterocycles. The van der Waals surface area contributed by atoms with Crippen LogP contribution in [0.4, 0.5) is 0 Å². The lowest BCUT2D eigenvalue weighted by Crippen LogP contribution is -2.23. The van der Waals surface area contributed by atoms with E-state index in [0.29, 0.717) is 5.92 Å². The number of carboxylic acids is 1. The summed E-state index contributed by atoms with van der Waals surface area (Å²) in [5.41, 5.74) is 3.48. The number of ether oxygens (including phenoxy) is 1. The molecule has 0 bridgehead atoms. The van der Waals surface area contributed by atoms with Gasteiger partial charge in [-0.3, -0.25) is 4.79 Å². The van der Waals surface area contributed by atoms with E-state index < -0.39 is 5.97 Å². The number of hydrogen-bond donors (Lipinski definition) is 1. The lowest BCUT2D eigenvalue weighted by Gasteiger charge is -2.34. The lowest BCUT2D eigenvalue weighted by atomic mass is 9.70. The fourth-order valence-corrected chi connectivity index (χ4v) is 3.00. The van der Waals surface area contributed by atoms with Crippen molar-refractivity contribution in [1.82, 2.24) is 0 Å². The summed E-state index contributed by atoms with van der Waals surface area (Å²) in [6, 6.07) is 4.01. The third kappa shape index (κ3) is 2.75. The molecule has 2 rings (SSSR count). The molecule has 1 aromatic rings. The Bertz CT molecular complexity index is 475. The second-order valence-electron chi connectivity index (χ2n) is 5.50. The van der Waals surface area contributed by atoms with Gasteiger partial charge in [-0.2, -0.15) is 0 Å². The molecule has 1 unspecified atom stereocenters. The fraction of sp³-hybridized carbons (Fsp3) is 0.562. The molecule has 3 nitrogen and oxygen atoms in total. The molecule has 0 spiro atoms. The summed E-state index contributed by atoms with van der Waals surface area (Å²) in [6.07, 6.45) is 3.77. The van der Waals surface area contributed by atoms with Crippen molar-refractivity contribution < 1.29 is 14.6 Å². The second-order valence-corrected chi connectivity index (χ2v) is 5.50. The van der Waals surface area contributed by atoms with Crippen LogP contribution in [0.2, 0.25) is 0 Å². The second kappa shape index (κ2) is 5.64. The zero-order valence-electron chi connectivity index (χ0n) is 11.9. The molecule has 0 heterocycles. The SMILES string of the molecule is COc1ccc(C(CC(=O)O)C2CCC2)c(C)c1C. The van der Waals surface area contributed by atoms with Gasteiger partial charge in [-0.05, 0) is 61.3 Å². The largest absolute Gasteiger partial charge is 0.496 e. The molecule has 104 valence electrons. The van der Waals surface area contributed by atoms with Crippen LogP contribution in [0.3, 0.4) is 0 Å². The molecule has 1 saturated carbocycles. The van der Waals surface area contributed by atoms with E-state index >= 15 is 0 Å². The lowest BCUT2D eigenvalue weighted by molar-refractivity contribution is -0.138. The van der Waals surface area contributed by atoms with Crippen molar-refractivity contribution in [2.24, 2.45) is 5.92 Å². The molecule has 0 amide bonds. The van der Waals surface area contributed by atoms with Gasteiger partial charge in [-0.15, -0.1) is 0 Å². The Morgan fingerprint density at radius 1 is 1.37 bits per heavy atom. The highest BCUT2D eigenvalue weighted by Crippen LogP contribution is 2.43. The quantitative estimate of drug-likeness (QED) is 0.880. The fourth-order valence-electron chi connectivity index (χ4n) is 3.00. The highest BCUT2D eigenvalue weighted by Gasteiger charge is 2.31. The van der Waals surface area contributed by atoms with Gasteiger partial charge in [0.2, 0.25) is 0 Å². The molecule has 1 aliphatic rings. The van der Waals surface area contributed by atoms with Crippen molar-refractivity contribution in [3.63, 3.8) is 0 Å². The molecule has 0 aliphatic heterocycles. The molecule has 19 heavy (non-hydrogen) atoms. The van der Waals surface area contributed by atoms with Gasteiger partial charge < -0.3 is 9.84 Å². The van der Waals surface area contributed by atoms with E-state index in [1.165, 1.54) is 17.5 Å². The normalized spacial score (nSPS) is 16.8. The van der Waals surface area contributed by atoms with E-state index in [1.54, 1.807) is 7.11 Å². The van der Waals surface area contributed by atoms with Gasteiger partial charge in [-0.1, -0.05) is 12.5 Å². The zero-order chi connectivity index (χ0) is 14.0. The summed E-state index contributed by atoms with van der Waals surface area (Å²) >= 11 is 0. The van der Waals surface area contributed by atoms with Crippen LogP contribution in [-0.2, 0) is 4.79 Å². The summed E-state index contributed by atoms with van der Waals surface area (Å²) in [7, 11) is 1.67. The first-order valence-corrected chi connectivity index (χ1v) is 6.90. The van der Waals surface area contributed by atoms with E-state index in [9.17, 15) is 4.79 Å². The number of rotatable bonds is 5. The van der Waals surface area contributed by atoms with Crippen LogP contribution < -0.4 is 4.74 Å². The van der Waals surface area contributed by atoms with Crippen molar-refractivity contribution in [3.05, 3.63) is 28.8 Å². The molecular formula is C16H22O3. The molecular weight excluding hydrogens is 240 g/mol. The van der Waals surface area contributed by atoms with Crippen LogP contribution in [0, 0.1) is 19.8 Å². The van der Waals surface area contributed by atoms with E-state index in [-0.39, 0.29) is 12.3 Å². The maximum Gasteiger partial charge on any atom is 0.303 e. The first-order valence-electron chi connectivity index (χ1n) is 6.90. The van der Waals surface area contributed by atoms with Gasteiger partial charge in [0.05, 0.1) is 13.5 Å². The number of carboxylic acid groups (broad SMARTS) is 1. The molecule has 0 aromatic heterocycles. The first kappa shape index (κ1) is 13.9. The average molecular weight is 262 g/mol. The Balaban J connectivity index is 2.35. The summed E-state index contributed by atoms with van der Waals surface area (Å²) in [4.78, 5) is 11.1. The number of aliphatic carboxylic acids is 1. The van der Waals surface area contributed by atoms with Gasteiger partial charge in [0.25, 0.3) is 0 Å². The molecule has 1 N–H and O–H groups in total. The maximum absolute atomic E-state index is 11.1. The molecule has 1 fully saturated rings. The molecule has 1 atom stereocenters. The Labute approximate surface area is 114 Å². The van der Waals surface area contributed by atoms with Gasteiger partial charge in [0, 0.05) is 0 Å². The average Bonchev–Trinajstić information content (AvgIpc) is 2.29. The summed E-state index contributed by atoms with van der Waals surface area (Å²) in [6.45, 7) is 4.11. The minimum Gasteiger partial charge on any atom is -0.496 e. The molecule has 1 aromatic carbocycles. The standard InChI is InChI=1S/C16H22O3/c1-10-11(2)15(19-3)8-7-13(10)14(9-16(17)18)12-5-4-6-12/h7-8,12,14H,4-6,9H2,1-3H3,(H,17,18). The zero-order valence-corrected chi connectivity index (χ0v) is 11.9. The van der Waals surface area contributed by atoms with Crippen LogP contribution >= 0.6 is 0 Å². The summed E-state index contributed by atoms with van der Waals surface area (Å²) < 4.78 is 5.33. The van der Waals surface area contributed by atoms with Gasteiger partial charge in [0.15, 0.2) is 0 Å². The van der Waals surface area contributed by atoms with Gasteiger partial charge in [0.1, 0.15) is 5.75 Å². The van der Waals surface area contributed by atoms with Crippen LogP contribution in [0.25, 0.3) is 0 Å². The van der Waals surface area contributed by atoms with Crippen molar-refractivity contribution in [2.75, 3.05) is 7.11 Å². The molecule has 3 heteroatoms. The monoisotopic (exact) mass is 262 g/mol. The summed E-state index contributed by atoms with van der Waals surface area (Å²) in [5, 5.41) is 9.15. The van der Waals surface area contributed by atoms with E-state index in [2.05, 4.69) is 6.92 Å². The van der Waals surface area contributed by atoms with Crippen LogP contribution in [0.5, 0.6) is 5.75 Å². The van der Waals surface area contributed by atoms with Crippen LogP contribution in [0.1, 0.15) is 48.3 Å². The Morgan fingerprint density at radius 2 is 2.05 bits per heavy atom. The highest BCUT2D eigenvalue weighted by molar-refractivity contribution is 5.68. The minimum atomic E-state index is -0.704. The number of carbonyl (C=O) groups is 1. The van der Waals surface area contributed by atoms with Gasteiger partial charge >= 0.3 is 5.97 Å². The first-order chi connectivity index (χ1) is 9.04. The third-order valence-electron chi connectivity index (χ3n) is 4.51. The third-order valence-corrected chi connectivity index (χ3v) is 4.51. The van der Waals surface area contributed by atoms with Crippen molar-refractivity contribution in [2.45, 2.75) is 45.4 Å². The predicted molar refractivity (Wildman–Crippen MR) is 74.8 cm³/mol. The van der Waals surface area contributed by atoms with Crippen molar-refractivity contribution in [3.8, 4) is 5.75 Å². The van der Waals surface area contributed by atoms with E-state index in [1.807, 2.05) is 19.1 Å². The molecule has 1 aliphatic carbocycles. The Hall–Kier alpha value is -1.51. The van der Waals surface area contributed by atoms with Crippen LogP contribution in [0.15, 0.2) is 12.1 Å². The van der Waals surface area contributed by atoms with E-state index in [0.717, 1.165) is 24.2 Å². The summed E-state index contributed by atoms with van der Waals surface area (Å²) in [5.74, 6) is 0.854. The minimum absolute atomic E-state index is 0.149. The number of methoxy groups -OCH3 is 1. The number of benzene rings is 1. The topological polar surface area (TPSA) is 46.5 Å². The smallest absolute Gasteiger partial charge is 0.303 e. The maximum atomic E-state index is 11.1. The highest BCUT2D eigenvalue weighted by atomic mass is 16.5. The Kier molecular flexibility index (Phi) is 4.13.